The molecule has 0 heterocycles. The molecule has 4 rings (SSSR count). The van der Waals surface area contributed by atoms with Gasteiger partial charge in [-0.25, -0.2) is 13.6 Å². The SMILES string of the molecule is C=CCCC1CCC2CC(c3ccc(C(=O)Oc4ccc(C)cc4)c(F)c3F)CCC2C1. The van der Waals surface area contributed by atoms with Crippen LogP contribution in [0.2, 0.25) is 0 Å². The molecular formula is C28H32F2O2. The highest BCUT2D eigenvalue weighted by molar-refractivity contribution is 5.91. The van der Waals surface area contributed by atoms with Crippen molar-refractivity contribution < 1.29 is 18.3 Å². The molecule has 4 atom stereocenters. The highest BCUT2D eigenvalue weighted by Gasteiger charge is 2.37. The third-order valence-corrected chi connectivity index (χ3v) is 7.50. The van der Waals surface area contributed by atoms with E-state index in [2.05, 4.69) is 6.58 Å². The summed E-state index contributed by atoms with van der Waals surface area (Å²) in [5.74, 6) is -0.489. The molecule has 0 spiro atoms. The second-order valence-corrected chi connectivity index (χ2v) is 9.61. The van der Waals surface area contributed by atoms with Crippen molar-refractivity contribution in [3.8, 4) is 5.75 Å². The van der Waals surface area contributed by atoms with Crippen LogP contribution in [0.5, 0.6) is 5.75 Å². The van der Waals surface area contributed by atoms with E-state index in [0.29, 0.717) is 23.1 Å². The van der Waals surface area contributed by atoms with Crippen LogP contribution in [-0.4, -0.2) is 5.97 Å². The van der Waals surface area contributed by atoms with Crippen LogP contribution >= 0.6 is 0 Å². The van der Waals surface area contributed by atoms with E-state index < -0.39 is 17.6 Å². The molecule has 170 valence electrons. The van der Waals surface area contributed by atoms with Gasteiger partial charge < -0.3 is 4.74 Å². The lowest BCUT2D eigenvalue weighted by molar-refractivity contribution is 0.0728. The van der Waals surface area contributed by atoms with Crippen LogP contribution < -0.4 is 4.74 Å². The minimum absolute atomic E-state index is 0.0117. The lowest BCUT2D eigenvalue weighted by Crippen LogP contribution is -2.30. The number of hydrogen-bond donors (Lipinski definition) is 0. The van der Waals surface area contributed by atoms with E-state index in [1.165, 1.54) is 31.7 Å². The zero-order chi connectivity index (χ0) is 22.7. The quantitative estimate of drug-likeness (QED) is 0.262. The third-order valence-electron chi connectivity index (χ3n) is 7.50. The van der Waals surface area contributed by atoms with Gasteiger partial charge in [0.15, 0.2) is 11.6 Å². The molecule has 2 saturated carbocycles. The van der Waals surface area contributed by atoms with E-state index in [9.17, 15) is 9.18 Å². The van der Waals surface area contributed by atoms with Gasteiger partial charge in [-0.05, 0) is 99.3 Å². The van der Waals surface area contributed by atoms with Crippen LogP contribution in [0.25, 0.3) is 0 Å². The lowest BCUT2D eigenvalue weighted by Gasteiger charge is -2.42. The normalized spacial score (nSPS) is 25.1. The topological polar surface area (TPSA) is 26.3 Å². The fourth-order valence-corrected chi connectivity index (χ4v) is 5.69. The summed E-state index contributed by atoms with van der Waals surface area (Å²) in [7, 11) is 0. The van der Waals surface area contributed by atoms with E-state index >= 15 is 4.39 Å². The monoisotopic (exact) mass is 438 g/mol. The number of carbonyl (C=O) groups excluding carboxylic acids is 1. The number of allylic oxidation sites excluding steroid dienone is 1. The second-order valence-electron chi connectivity index (χ2n) is 9.61. The van der Waals surface area contributed by atoms with Gasteiger partial charge in [-0.3, -0.25) is 0 Å². The van der Waals surface area contributed by atoms with Crippen molar-refractivity contribution in [1.82, 2.24) is 0 Å². The average Bonchev–Trinajstić information content (AvgIpc) is 2.80. The summed E-state index contributed by atoms with van der Waals surface area (Å²) in [5, 5.41) is 0. The van der Waals surface area contributed by atoms with Crippen LogP contribution in [0.3, 0.4) is 0 Å². The summed E-state index contributed by atoms with van der Waals surface area (Å²) in [4.78, 5) is 12.4. The number of rotatable bonds is 6. The molecule has 2 fully saturated rings. The van der Waals surface area contributed by atoms with Crippen molar-refractivity contribution in [3.05, 3.63) is 77.4 Å². The molecule has 4 heteroatoms. The Hall–Kier alpha value is -2.49. The van der Waals surface area contributed by atoms with Gasteiger partial charge in [0, 0.05) is 0 Å². The molecule has 0 aliphatic heterocycles. The largest absolute Gasteiger partial charge is 0.423 e. The number of hydrogen-bond acceptors (Lipinski definition) is 2. The first-order chi connectivity index (χ1) is 15.5. The van der Waals surface area contributed by atoms with Gasteiger partial charge in [0.05, 0.1) is 5.56 Å². The van der Waals surface area contributed by atoms with Gasteiger partial charge in [0.1, 0.15) is 5.75 Å². The molecule has 2 aromatic carbocycles. The third kappa shape index (κ3) is 4.95. The highest BCUT2D eigenvalue weighted by atomic mass is 19.2. The average molecular weight is 439 g/mol. The summed E-state index contributed by atoms with van der Waals surface area (Å²) in [5.41, 5.74) is 1.07. The van der Waals surface area contributed by atoms with Crippen LogP contribution in [0.15, 0.2) is 49.1 Å². The summed E-state index contributed by atoms with van der Waals surface area (Å²) in [6.07, 6.45) is 10.8. The Morgan fingerprint density at radius 3 is 2.47 bits per heavy atom. The molecule has 0 saturated heterocycles. The van der Waals surface area contributed by atoms with Gasteiger partial charge in [0.25, 0.3) is 0 Å². The van der Waals surface area contributed by atoms with Crippen molar-refractivity contribution in [3.63, 3.8) is 0 Å². The first-order valence-electron chi connectivity index (χ1n) is 11.8. The minimum atomic E-state index is -1.10. The molecular weight excluding hydrogens is 406 g/mol. The van der Waals surface area contributed by atoms with Gasteiger partial charge in [-0.1, -0.05) is 36.3 Å². The fraction of sp³-hybridized carbons (Fsp3) is 0.464. The highest BCUT2D eigenvalue weighted by Crippen LogP contribution is 2.48. The van der Waals surface area contributed by atoms with Gasteiger partial charge >= 0.3 is 5.97 Å². The van der Waals surface area contributed by atoms with Gasteiger partial charge in [0.2, 0.25) is 0 Å². The molecule has 0 bridgehead atoms. The Morgan fingerprint density at radius 2 is 1.72 bits per heavy atom. The number of carbonyl (C=O) groups is 1. The Morgan fingerprint density at radius 1 is 1.00 bits per heavy atom. The Labute approximate surface area is 189 Å². The van der Waals surface area contributed by atoms with Crippen LogP contribution in [0.4, 0.5) is 8.78 Å². The standard InChI is InChI=1S/C28H32F2O2/c1-3-4-5-19-8-9-21-17-22(11-10-20(21)16-19)24-14-15-25(27(30)26(24)29)28(31)32-23-12-6-18(2)7-13-23/h3,6-7,12-15,19-22H,1,4-5,8-11,16-17H2,2H3. The van der Waals surface area contributed by atoms with E-state index in [0.717, 1.165) is 37.2 Å². The predicted octanol–water partition coefficient (Wildman–Crippen LogP) is 7.76. The van der Waals surface area contributed by atoms with Gasteiger partial charge in [-0.2, -0.15) is 0 Å². The van der Waals surface area contributed by atoms with Crippen LogP contribution in [0, 0.1) is 36.3 Å². The molecule has 2 aromatic rings. The summed E-state index contributed by atoms with van der Waals surface area (Å²) >= 11 is 0. The molecule has 4 unspecified atom stereocenters. The van der Waals surface area contributed by atoms with Crippen molar-refractivity contribution >= 4 is 5.97 Å². The Bertz CT molecular complexity index is 966. The lowest BCUT2D eigenvalue weighted by atomic mass is 9.63. The summed E-state index contributed by atoms with van der Waals surface area (Å²) in [6.45, 7) is 5.75. The number of esters is 1. The molecule has 0 amide bonds. The molecule has 0 aromatic heterocycles. The zero-order valence-corrected chi connectivity index (χ0v) is 18.8. The minimum Gasteiger partial charge on any atom is -0.423 e. The Balaban J connectivity index is 1.43. The summed E-state index contributed by atoms with van der Waals surface area (Å²) < 4.78 is 35.1. The number of ether oxygens (including phenoxy) is 1. The fourth-order valence-electron chi connectivity index (χ4n) is 5.69. The van der Waals surface area contributed by atoms with E-state index in [-0.39, 0.29) is 11.5 Å². The predicted molar refractivity (Wildman–Crippen MR) is 123 cm³/mol. The molecule has 32 heavy (non-hydrogen) atoms. The molecule has 2 nitrogen and oxygen atoms in total. The van der Waals surface area contributed by atoms with Crippen molar-refractivity contribution in [2.24, 2.45) is 17.8 Å². The van der Waals surface area contributed by atoms with E-state index in [1.54, 1.807) is 30.3 Å². The number of halogens is 2. The zero-order valence-electron chi connectivity index (χ0n) is 18.8. The van der Waals surface area contributed by atoms with Gasteiger partial charge in [-0.15, -0.1) is 6.58 Å². The van der Waals surface area contributed by atoms with Crippen molar-refractivity contribution in [1.29, 1.82) is 0 Å². The first-order valence-corrected chi connectivity index (χ1v) is 11.8. The van der Waals surface area contributed by atoms with Crippen LogP contribution in [-0.2, 0) is 0 Å². The molecule has 0 N–H and O–H groups in total. The smallest absolute Gasteiger partial charge is 0.346 e. The number of benzene rings is 2. The van der Waals surface area contributed by atoms with Crippen molar-refractivity contribution in [2.75, 3.05) is 0 Å². The maximum Gasteiger partial charge on any atom is 0.346 e. The molecule has 2 aliphatic rings. The number of fused-ring (bicyclic) bond motifs is 1. The van der Waals surface area contributed by atoms with E-state index in [4.69, 9.17) is 4.74 Å². The van der Waals surface area contributed by atoms with Crippen LogP contribution in [0.1, 0.15) is 78.8 Å². The summed E-state index contributed by atoms with van der Waals surface area (Å²) in [6, 6.07) is 9.84. The Kier molecular flexibility index (Phi) is 7.07. The molecule has 0 radical (unpaired) electrons. The second kappa shape index (κ2) is 9.97. The maximum atomic E-state index is 15.0. The van der Waals surface area contributed by atoms with E-state index in [1.807, 2.05) is 13.0 Å². The van der Waals surface area contributed by atoms with Crippen molar-refractivity contribution in [2.45, 2.75) is 64.2 Å². The first kappa shape index (κ1) is 22.7. The number of aryl methyl sites for hydroxylation is 1. The maximum absolute atomic E-state index is 15.0. The molecule has 2 aliphatic carbocycles.